The summed E-state index contributed by atoms with van der Waals surface area (Å²) in [5.74, 6) is 1.75. The van der Waals surface area contributed by atoms with Crippen LogP contribution in [-0.2, 0) is 6.54 Å². The molecule has 1 aliphatic heterocycles. The summed E-state index contributed by atoms with van der Waals surface area (Å²) >= 11 is 1.70. The maximum absolute atomic E-state index is 5.44. The maximum atomic E-state index is 5.44. The molecule has 1 aromatic rings. The zero-order valence-corrected chi connectivity index (χ0v) is 9.11. The lowest BCUT2D eigenvalue weighted by Gasteiger charge is -2.09. The minimum absolute atomic E-state index is 0.339. The Balaban J connectivity index is 2.43. The molecule has 0 saturated heterocycles. The van der Waals surface area contributed by atoms with Gasteiger partial charge in [-0.1, -0.05) is 6.07 Å². The number of fused-ring (bicyclic) bond motifs is 1. The van der Waals surface area contributed by atoms with Crippen molar-refractivity contribution in [2.45, 2.75) is 11.4 Å². The highest BCUT2D eigenvalue weighted by Gasteiger charge is 2.19. The van der Waals surface area contributed by atoms with Gasteiger partial charge in [-0.15, -0.1) is 11.8 Å². The summed E-state index contributed by atoms with van der Waals surface area (Å²) < 4.78 is 10.8. The van der Waals surface area contributed by atoms with Gasteiger partial charge in [0.15, 0.2) is 11.5 Å². The molecule has 1 heterocycles. The normalized spacial score (nSPS) is 13.3. The molecule has 0 aromatic heterocycles. The van der Waals surface area contributed by atoms with Crippen molar-refractivity contribution in [3.05, 3.63) is 17.7 Å². The number of hydrogen-bond acceptors (Lipinski definition) is 4. The molecule has 14 heavy (non-hydrogen) atoms. The summed E-state index contributed by atoms with van der Waals surface area (Å²) in [5, 5.41) is 3.14. The fourth-order valence-electron chi connectivity index (χ4n) is 1.54. The Morgan fingerprint density at radius 3 is 3.00 bits per heavy atom. The van der Waals surface area contributed by atoms with Crippen molar-refractivity contribution in [2.75, 3.05) is 20.1 Å². The number of ether oxygens (including phenoxy) is 2. The molecule has 76 valence electrons. The first kappa shape index (κ1) is 9.68. The van der Waals surface area contributed by atoms with Gasteiger partial charge in [0, 0.05) is 6.54 Å². The second-order valence-corrected chi connectivity index (χ2v) is 3.84. The zero-order chi connectivity index (χ0) is 9.97. The van der Waals surface area contributed by atoms with Crippen LogP contribution in [-0.4, -0.2) is 20.1 Å². The van der Waals surface area contributed by atoms with Gasteiger partial charge in [0.1, 0.15) is 0 Å². The Bertz CT molecular complexity index is 341. The average molecular weight is 211 g/mol. The lowest BCUT2D eigenvalue weighted by Crippen LogP contribution is -2.06. The summed E-state index contributed by atoms with van der Waals surface area (Å²) in [6.45, 7) is 1.19. The van der Waals surface area contributed by atoms with Crippen LogP contribution in [0.4, 0.5) is 0 Å². The Morgan fingerprint density at radius 1 is 1.43 bits per heavy atom. The van der Waals surface area contributed by atoms with Gasteiger partial charge in [-0.2, -0.15) is 0 Å². The monoisotopic (exact) mass is 211 g/mol. The molecule has 1 N–H and O–H groups in total. The molecule has 0 spiro atoms. The summed E-state index contributed by atoms with van der Waals surface area (Å²) in [6, 6.07) is 4.05. The van der Waals surface area contributed by atoms with Gasteiger partial charge < -0.3 is 14.8 Å². The Hall–Kier alpha value is -0.870. The van der Waals surface area contributed by atoms with E-state index in [1.807, 2.05) is 13.1 Å². The van der Waals surface area contributed by atoms with E-state index in [9.17, 15) is 0 Å². The number of rotatable bonds is 3. The predicted molar refractivity (Wildman–Crippen MR) is 57.1 cm³/mol. The molecule has 0 bridgehead atoms. The third-order valence-electron chi connectivity index (χ3n) is 2.15. The van der Waals surface area contributed by atoms with Crippen molar-refractivity contribution in [1.29, 1.82) is 0 Å². The molecular formula is C10H13NO2S. The van der Waals surface area contributed by atoms with E-state index in [2.05, 4.69) is 17.6 Å². The van der Waals surface area contributed by atoms with Crippen molar-refractivity contribution in [1.82, 2.24) is 5.32 Å². The minimum Gasteiger partial charge on any atom is -0.454 e. The van der Waals surface area contributed by atoms with Crippen molar-refractivity contribution >= 4 is 11.8 Å². The predicted octanol–water partition coefficient (Wildman–Crippen LogP) is 1.86. The molecule has 0 radical (unpaired) electrons. The molecular weight excluding hydrogens is 198 g/mol. The fourth-order valence-corrected chi connectivity index (χ4v) is 2.29. The van der Waals surface area contributed by atoms with Crippen LogP contribution in [0.3, 0.4) is 0 Å². The van der Waals surface area contributed by atoms with Gasteiger partial charge in [-0.3, -0.25) is 0 Å². The van der Waals surface area contributed by atoms with Crippen molar-refractivity contribution in [2.24, 2.45) is 0 Å². The molecule has 1 aliphatic rings. The lowest BCUT2D eigenvalue weighted by molar-refractivity contribution is 0.172. The fraction of sp³-hybridized carbons (Fsp3) is 0.400. The Labute approximate surface area is 87.8 Å². The molecule has 0 atom stereocenters. The molecule has 2 rings (SSSR count). The van der Waals surface area contributed by atoms with Crippen LogP contribution in [0.1, 0.15) is 5.56 Å². The van der Waals surface area contributed by atoms with Gasteiger partial charge in [-0.05, 0) is 24.9 Å². The van der Waals surface area contributed by atoms with Gasteiger partial charge in [-0.25, -0.2) is 0 Å². The van der Waals surface area contributed by atoms with E-state index in [1.54, 1.807) is 11.8 Å². The molecule has 4 heteroatoms. The van der Waals surface area contributed by atoms with Crippen LogP contribution in [0.25, 0.3) is 0 Å². The van der Waals surface area contributed by atoms with Crippen LogP contribution < -0.4 is 14.8 Å². The van der Waals surface area contributed by atoms with Crippen LogP contribution in [0.5, 0.6) is 11.5 Å². The van der Waals surface area contributed by atoms with Crippen LogP contribution >= 0.6 is 11.8 Å². The summed E-state index contributed by atoms with van der Waals surface area (Å²) in [7, 11) is 1.94. The highest BCUT2D eigenvalue weighted by molar-refractivity contribution is 7.98. The second kappa shape index (κ2) is 4.11. The molecule has 0 unspecified atom stereocenters. The first-order valence-electron chi connectivity index (χ1n) is 4.47. The van der Waals surface area contributed by atoms with E-state index in [0.29, 0.717) is 6.79 Å². The average Bonchev–Trinajstić information content (AvgIpc) is 2.66. The summed E-state index contributed by atoms with van der Waals surface area (Å²) in [4.78, 5) is 1.18. The first-order chi connectivity index (χ1) is 6.86. The molecule has 0 amide bonds. The Morgan fingerprint density at radius 2 is 2.29 bits per heavy atom. The van der Waals surface area contributed by atoms with E-state index in [4.69, 9.17) is 9.47 Å². The molecule has 0 saturated carbocycles. The SMILES string of the molecule is CNCc1ccc2c(c1SC)OCO2. The van der Waals surface area contributed by atoms with E-state index in [0.717, 1.165) is 18.0 Å². The van der Waals surface area contributed by atoms with Gasteiger partial charge in [0.05, 0.1) is 4.90 Å². The minimum atomic E-state index is 0.339. The van der Waals surface area contributed by atoms with Crippen LogP contribution in [0, 0.1) is 0 Å². The van der Waals surface area contributed by atoms with E-state index >= 15 is 0 Å². The van der Waals surface area contributed by atoms with Crippen LogP contribution in [0.15, 0.2) is 17.0 Å². The van der Waals surface area contributed by atoms with Crippen molar-refractivity contribution in [3.63, 3.8) is 0 Å². The van der Waals surface area contributed by atoms with Crippen LogP contribution in [0.2, 0.25) is 0 Å². The molecule has 1 aromatic carbocycles. The largest absolute Gasteiger partial charge is 0.454 e. The third kappa shape index (κ3) is 1.55. The van der Waals surface area contributed by atoms with Crippen molar-refractivity contribution in [3.8, 4) is 11.5 Å². The highest BCUT2D eigenvalue weighted by atomic mass is 32.2. The summed E-state index contributed by atoms with van der Waals surface area (Å²) in [6.07, 6.45) is 2.05. The van der Waals surface area contributed by atoms with Gasteiger partial charge in [0.25, 0.3) is 0 Å². The van der Waals surface area contributed by atoms with E-state index < -0.39 is 0 Å². The maximum Gasteiger partial charge on any atom is 0.231 e. The number of hydrogen-bond donors (Lipinski definition) is 1. The summed E-state index contributed by atoms with van der Waals surface area (Å²) in [5.41, 5.74) is 1.25. The number of benzene rings is 1. The quantitative estimate of drug-likeness (QED) is 0.773. The number of thioether (sulfide) groups is 1. The highest BCUT2D eigenvalue weighted by Crippen LogP contribution is 2.42. The molecule has 0 fully saturated rings. The van der Waals surface area contributed by atoms with Crippen molar-refractivity contribution < 1.29 is 9.47 Å². The standard InChI is InChI=1S/C10H13NO2S/c1-11-5-7-3-4-8-9(10(7)14-2)13-6-12-8/h3-4,11H,5-6H2,1-2H3. The lowest BCUT2D eigenvalue weighted by atomic mass is 10.2. The third-order valence-corrected chi connectivity index (χ3v) is 3.00. The second-order valence-electron chi connectivity index (χ2n) is 3.02. The first-order valence-corrected chi connectivity index (χ1v) is 5.69. The Kier molecular flexibility index (Phi) is 2.84. The van der Waals surface area contributed by atoms with E-state index in [-0.39, 0.29) is 0 Å². The number of nitrogens with one attached hydrogen (secondary N) is 1. The van der Waals surface area contributed by atoms with Gasteiger partial charge >= 0.3 is 0 Å². The molecule has 3 nitrogen and oxygen atoms in total. The van der Waals surface area contributed by atoms with Gasteiger partial charge in [0.2, 0.25) is 6.79 Å². The molecule has 0 aliphatic carbocycles. The van der Waals surface area contributed by atoms with E-state index in [1.165, 1.54) is 10.5 Å². The topological polar surface area (TPSA) is 30.5 Å². The zero-order valence-electron chi connectivity index (χ0n) is 8.29. The smallest absolute Gasteiger partial charge is 0.231 e.